The van der Waals surface area contributed by atoms with Crippen molar-refractivity contribution in [3.8, 4) is 16.9 Å². The molecule has 0 spiro atoms. The second-order valence-electron chi connectivity index (χ2n) is 12.1. The van der Waals surface area contributed by atoms with Gasteiger partial charge in [0.15, 0.2) is 0 Å². The van der Waals surface area contributed by atoms with E-state index in [1.807, 2.05) is 71.8 Å². The quantitative estimate of drug-likeness (QED) is 0.244. The molecule has 0 bridgehead atoms. The molecular formula is C35H41N5O5S. The van der Waals surface area contributed by atoms with E-state index in [-0.39, 0.29) is 17.6 Å². The van der Waals surface area contributed by atoms with Crippen LogP contribution in [-0.2, 0) is 14.8 Å². The number of aromatic nitrogens is 1. The van der Waals surface area contributed by atoms with Gasteiger partial charge in [-0.15, -0.1) is 0 Å². The number of piperidine rings is 1. The molecule has 10 nitrogen and oxygen atoms in total. The lowest BCUT2D eigenvalue weighted by molar-refractivity contribution is -0.129. The Hall–Kier alpha value is -4.35. The maximum Gasteiger partial charge on any atom is 0.250 e. The maximum atomic E-state index is 13.2. The van der Waals surface area contributed by atoms with Crippen molar-refractivity contribution in [3.05, 3.63) is 84.1 Å². The van der Waals surface area contributed by atoms with Crippen LogP contribution in [0.25, 0.3) is 22.0 Å². The summed E-state index contributed by atoms with van der Waals surface area (Å²) in [5, 5.41) is 0.956. The Balaban J connectivity index is 1.01. The fourth-order valence-electron chi connectivity index (χ4n) is 6.62. The number of hydrogen-bond acceptors (Lipinski definition) is 6. The monoisotopic (exact) mass is 643 g/mol. The van der Waals surface area contributed by atoms with Gasteiger partial charge < -0.3 is 25.3 Å². The first-order valence-electron chi connectivity index (χ1n) is 15.9. The lowest BCUT2D eigenvalue weighted by Gasteiger charge is -2.35. The summed E-state index contributed by atoms with van der Waals surface area (Å²) in [5.41, 5.74) is 11.0. The predicted octanol–water partition coefficient (Wildman–Crippen LogP) is 4.58. The fourth-order valence-corrected chi connectivity index (χ4v) is 8.13. The number of H-pyrrole nitrogens is 1. The van der Waals surface area contributed by atoms with Gasteiger partial charge >= 0.3 is 0 Å². The van der Waals surface area contributed by atoms with Gasteiger partial charge in [0.05, 0.1) is 23.4 Å². The molecule has 2 saturated heterocycles. The molecule has 4 aromatic rings. The van der Waals surface area contributed by atoms with Crippen LogP contribution in [0.5, 0.6) is 5.75 Å². The highest BCUT2D eigenvalue weighted by Crippen LogP contribution is 2.37. The van der Waals surface area contributed by atoms with E-state index in [2.05, 4.69) is 16.0 Å². The highest BCUT2D eigenvalue weighted by molar-refractivity contribution is 7.89. The highest BCUT2D eigenvalue weighted by atomic mass is 32.2. The molecule has 2 amide bonds. The molecule has 11 heteroatoms. The molecule has 3 aromatic carbocycles. The van der Waals surface area contributed by atoms with Gasteiger partial charge in [0.25, 0.3) is 5.91 Å². The van der Waals surface area contributed by atoms with Crippen LogP contribution in [0.15, 0.2) is 72.9 Å². The first-order valence-corrected chi connectivity index (χ1v) is 17.5. The second-order valence-corrected chi connectivity index (χ2v) is 14.2. The normalized spacial score (nSPS) is 16.5. The van der Waals surface area contributed by atoms with E-state index in [4.69, 9.17) is 10.5 Å². The summed E-state index contributed by atoms with van der Waals surface area (Å²) < 4.78 is 33.8. The topological polar surface area (TPSA) is 129 Å². The molecule has 2 fully saturated rings. The zero-order chi connectivity index (χ0) is 32.3. The number of ether oxygens (including phenoxy) is 1. The van der Waals surface area contributed by atoms with E-state index >= 15 is 0 Å². The first kappa shape index (κ1) is 31.6. The third-order valence-corrected chi connectivity index (χ3v) is 11.2. The number of sulfonamides is 1. The van der Waals surface area contributed by atoms with Gasteiger partial charge in [0, 0.05) is 63.5 Å². The number of amides is 2. The molecule has 242 valence electrons. The predicted molar refractivity (Wildman–Crippen MR) is 181 cm³/mol. The summed E-state index contributed by atoms with van der Waals surface area (Å²) in [7, 11) is -3.42. The minimum atomic E-state index is -3.42. The van der Waals surface area contributed by atoms with Crippen molar-refractivity contribution in [1.82, 2.24) is 14.2 Å². The minimum absolute atomic E-state index is 0.0334. The molecule has 1 aromatic heterocycles. The van der Waals surface area contributed by atoms with E-state index in [0.717, 1.165) is 59.5 Å². The summed E-state index contributed by atoms with van der Waals surface area (Å²) in [6.07, 6.45) is 3.73. The summed E-state index contributed by atoms with van der Waals surface area (Å²) >= 11 is 0. The number of piperazine rings is 1. The van der Waals surface area contributed by atoms with Crippen LogP contribution in [0.1, 0.15) is 48.0 Å². The molecule has 46 heavy (non-hydrogen) atoms. The number of aromatic amines is 1. The van der Waals surface area contributed by atoms with Crippen molar-refractivity contribution >= 4 is 38.4 Å². The van der Waals surface area contributed by atoms with Gasteiger partial charge in [-0.05, 0) is 78.3 Å². The third kappa shape index (κ3) is 6.90. The Morgan fingerprint density at radius 2 is 1.61 bits per heavy atom. The molecule has 0 radical (unpaired) electrons. The van der Waals surface area contributed by atoms with Crippen molar-refractivity contribution in [3.63, 3.8) is 0 Å². The van der Waals surface area contributed by atoms with Crippen LogP contribution in [0.4, 0.5) is 5.69 Å². The minimum Gasteiger partial charge on any atom is -0.494 e. The van der Waals surface area contributed by atoms with Crippen molar-refractivity contribution in [1.29, 1.82) is 0 Å². The van der Waals surface area contributed by atoms with Crippen molar-refractivity contribution in [2.24, 2.45) is 5.73 Å². The Morgan fingerprint density at radius 3 is 2.26 bits per heavy atom. The summed E-state index contributed by atoms with van der Waals surface area (Å²) in [5.74, 6) is 0.527. The van der Waals surface area contributed by atoms with Crippen molar-refractivity contribution in [2.45, 2.75) is 32.1 Å². The van der Waals surface area contributed by atoms with Crippen molar-refractivity contribution in [2.75, 3.05) is 56.5 Å². The maximum absolute atomic E-state index is 13.2. The van der Waals surface area contributed by atoms with E-state index in [1.54, 1.807) is 11.2 Å². The Kier molecular flexibility index (Phi) is 9.32. The van der Waals surface area contributed by atoms with Crippen LogP contribution >= 0.6 is 0 Å². The number of nitrogens with two attached hydrogens (primary N) is 1. The van der Waals surface area contributed by atoms with Gasteiger partial charge in [0.1, 0.15) is 5.75 Å². The van der Waals surface area contributed by atoms with Gasteiger partial charge in [0.2, 0.25) is 15.9 Å². The molecule has 2 aliphatic rings. The van der Waals surface area contributed by atoms with Gasteiger partial charge in [-0.3, -0.25) is 9.59 Å². The molecule has 3 heterocycles. The Morgan fingerprint density at radius 1 is 0.913 bits per heavy atom. The number of benzene rings is 3. The number of fused-ring (bicyclic) bond motifs is 1. The molecule has 0 aliphatic carbocycles. The lowest BCUT2D eigenvalue weighted by atomic mass is 9.88. The zero-order valence-corrected chi connectivity index (χ0v) is 27.0. The number of rotatable bonds is 10. The lowest BCUT2D eigenvalue weighted by Crippen LogP contribution is -2.48. The third-order valence-electron chi connectivity index (χ3n) is 9.22. The average molecular weight is 644 g/mol. The van der Waals surface area contributed by atoms with E-state index in [9.17, 15) is 18.0 Å². The number of anilines is 1. The largest absolute Gasteiger partial charge is 0.494 e. The summed E-state index contributed by atoms with van der Waals surface area (Å²) in [6, 6.07) is 21.6. The van der Waals surface area contributed by atoms with Crippen molar-refractivity contribution < 1.29 is 22.7 Å². The molecule has 3 N–H and O–H groups in total. The number of nitrogens with zero attached hydrogens (tertiary/aromatic N) is 3. The smallest absolute Gasteiger partial charge is 0.250 e. The standard InChI is InChI=1S/C35H41N5O5S/c1-25(41)38-16-18-39(19-17-38)29-8-10-30(11-9-29)45-20-5-21-46(43,44)40-14-12-27(13-15-40)33-24-37-34-31(33)22-28(23-32(34)35(36)42)26-6-3-2-4-7-26/h2-4,6-11,22-24,27,37H,5,12-21H2,1H3,(H2,36,42). The average Bonchev–Trinajstić information content (AvgIpc) is 3.51. The zero-order valence-electron chi connectivity index (χ0n) is 26.2. The van der Waals surface area contributed by atoms with Gasteiger partial charge in [-0.2, -0.15) is 0 Å². The van der Waals surface area contributed by atoms with Crippen LogP contribution in [0.2, 0.25) is 0 Å². The van der Waals surface area contributed by atoms with Crippen LogP contribution < -0.4 is 15.4 Å². The Bertz CT molecular complexity index is 1790. The molecule has 0 atom stereocenters. The van der Waals surface area contributed by atoms with Gasteiger partial charge in [-0.1, -0.05) is 30.3 Å². The summed E-state index contributed by atoms with van der Waals surface area (Å²) in [4.78, 5) is 31.3. The number of primary amides is 1. The molecule has 6 rings (SSSR count). The fraction of sp³-hybridized carbons (Fsp3) is 0.371. The second kappa shape index (κ2) is 13.6. The first-order chi connectivity index (χ1) is 22.2. The number of nitrogens with one attached hydrogen (secondary N) is 1. The van der Waals surface area contributed by atoms with Crippen LogP contribution in [0, 0.1) is 0 Å². The summed E-state index contributed by atoms with van der Waals surface area (Å²) in [6.45, 7) is 5.84. The van der Waals surface area contributed by atoms with E-state index in [0.29, 0.717) is 50.3 Å². The molecule has 0 unspecified atom stereocenters. The van der Waals surface area contributed by atoms with Gasteiger partial charge in [-0.25, -0.2) is 12.7 Å². The molecular weight excluding hydrogens is 602 g/mol. The number of carbonyl (C=O) groups is 2. The van der Waals surface area contributed by atoms with Crippen LogP contribution in [0.3, 0.4) is 0 Å². The molecule has 2 aliphatic heterocycles. The van der Waals surface area contributed by atoms with Crippen LogP contribution in [-0.4, -0.2) is 86.0 Å². The number of hydrogen-bond donors (Lipinski definition) is 2. The Labute approximate surface area is 270 Å². The number of carbonyl (C=O) groups excluding carboxylic acids is 2. The highest BCUT2D eigenvalue weighted by Gasteiger charge is 2.30. The SMILES string of the molecule is CC(=O)N1CCN(c2ccc(OCCCS(=O)(=O)N3CCC(c4c[nH]c5c(C(N)=O)cc(-c6ccccc6)cc45)CC3)cc2)CC1. The van der Waals surface area contributed by atoms with E-state index < -0.39 is 15.9 Å². The molecule has 0 saturated carbocycles. The van der Waals surface area contributed by atoms with E-state index in [1.165, 1.54) is 0 Å².